The van der Waals surface area contributed by atoms with Crippen molar-refractivity contribution in [2.45, 2.75) is 52.0 Å². The lowest BCUT2D eigenvalue weighted by Gasteiger charge is -2.31. The molecule has 2 aliphatic rings. The zero-order valence-electron chi connectivity index (χ0n) is 21.2. The summed E-state index contributed by atoms with van der Waals surface area (Å²) in [5, 5.41) is 2.57. The number of fused-ring (bicyclic) bond motifs is 1. The highest BCUT2D eigenvalue weighted by Crippen LogP contribution is 2.37. The van der Waals surface area contributed by atoms with E-state index < -0.39 is 0 Å². The minimum Gasteiger partial charge on any atom is -0.482 e. The number of aromatic nitrogens is 1. The number of benzene rings is 2. The van der Waals surface area contributed by atoms with Gasteiger partial charge in [-0.05, 0) is 53.9 Å². The standard InChI is InChI=1S/C29H33N3O3S/c1-29(2,3)22-9-10-25-24(16-22)32(27(33)18-35-25)17-26-30-23(19-36-26)28(34)31-13-11-21(12-14-31)15-20-7-5-4-6-8-20/h4-10,16,19,21H,11-15,17-18H2,1-3H3. The van der Waals surface area contributed by atoms with Gasteiger partial charge in [0.1, 0.15) is 16.5 Å². The van der Waals surface area contributed by atoms with Gasteiger partial charge in [0.15, 0.2) is 6.61 Å². The number of hydrogen-bond donors (Lipinski definition) is 0. The number of ether oxygens (including phenoxy) is 1. The van der Waals surface area contributed by atoms with E-state index in [1.54, 1.807) is 4.90 Å². The van der Waals surface area contributed by atoms with Gasteiger partial charge in [-0.3, -0.25) is 14.5 Å². The van der Waals surface area contributed by atoms with E-state index in [1.807, 2.05) is 28.5 Å². The second kappa shape index (κ2) is 10.1. The number of nitrogens with zero attached hydrogens (tertiary/aromatic N) is 3. The number of piperidine rings is 1. The SMILES string of the molecule is CC(C)(C)c1ccc2c(c1)N(Cc1nc(C(=O)N3CCC(Cc4ccccc4)CC3)cs1)C(=O)CO2. The molecule has 5 rings (SSSR count). The fourth-order valence-electron chi connectivity index (χ4n) is 4.91. The summed E-state index contributed by atoms with van der Waals surface area (Å²) in [4.78, 5) is 34.2. The molecule has 3 aromatic rings. The normalized spacial score (nSPS) is 16.6. The van der Waals surface area contributed by atoms with E-state index in [4.69, 9.17) is 4.74 Å². The molecule has 2 amide bonds. The van der Waals surface area contributed by atoms with Crippen LogP contribution >= 0.6 is 11.3 Å². The highest BCUT2D eigenvalue weighted by molar-refractivity contribution is 7.09. The Morgan fingerprint density at radius 1 is 1.11 bits per heavy atom. The molecule has 7 heteroatoms. The fourth-order valence-corrected chi connectivity index (χ4v) is 5.66. The number of likely N-dealkylation sites (tertiary alicyclic amines) is 1. The highest BCUT2D eigenvalue weighted by atomic mass is 32.1. The van der Waals surface area contributed by atoms with Crippen LogP contribution in [0.2, 0.25) is 0 Å². The Kier molecular flexibility index (Phi) is 6.84. The predicted molar refractivity (Wildman–Crippen MR) is 143 cm³/mol. The van der Waals surface area contributed by atoms with Crippen molar-refractivity contribution < 1.29 is 14.3 Å². The van der Waals surface area contributed by atoms with E-state index in [1.165, 1.54) is 16.9 Å². The molecule has 3 heterocycles. The lowest BCUT2D eigenvalue weighted by Crippen LogP contribution is -2.39. The van der Waals surface area contributed by atoms with Gasteiger partial charge in [0.25, 0.3) is 11.8 Å². The summed E-state index contributed by atoms with van der Waals surface area (Å²) in [6.07, 6.45) is 3.08. The Hall–Kier alpha value is -3.19. The Labute approximate surface area is 216 Å². The highest BCUT2D eigenvalue weighted by Gasteiger charge is 2.30. The Morgan fingerprint density at radius 3 is 2.58 bits per heavy atom. The molecule has 2 aliphatic heterocycles. The van der Waals surface area contributed by atoms with Crippen LogP contribution < -0.4 is 9.64 Å². The molecule has 0 N–H and O–H groups in total. The first-order valence-corrected chi connectivity index (χ1v) is 13.5. The van der Waals surface area contributed by atoms with E-state index in [0.717, 1.165) is 48.6 Å². The summed E-state index contributed by atoms with van der Waals surface area (Å²) >= 11 is 1.43. The minimum atomic E-state index is -0.0999. The molecule has 0 unspecified atom stereocenters. The largest absolute Gasteiger partial charge is 0.482 e. The molecule has 0 atom stereocenters. The Bertz CT molecular complexity index is 1240. The van der Waals surface area contributed by atoms with Crippen molar-refractivity contribution in [1.29, 1.82) is 0 Å². The van der Waals surface area contributed by atoms with Crippen molar-refractivity contribution in [2.75, 3.05) is 24.6 Å². The van der Waals surface area contributed by atoms with Gasteiger partial charge in [-0.25, -0.2) is 4.98 Å². The molecule has 0 bridgehead atoms. The van der Waals surface area contributed by atoms with Crippen LogP contribution in [0.3, 0.4) is 0 Å². The summed E-state index contributed by atoms with van der Waals surface area (Å²) in [7, 11) is 0. The van der Waals surface area contributed by atoms with Gasteiger partial charge in [-0.1, -0.05) is 57.2 Å². The summed E-state index contributed by atoms with van der Waals surface area (Å²) in [6.45, 7) is 8.30. The summed E-state index contributed by atoms with van der Waals surface area (Å²) in [5.41, 5.74) is 3.69. The average Bonchev–Trinajstić information content (AvgIpc) is 3.34. The number of hydrogen-bond acceptors (Lipinski definition) is 5. The molecule has 2 aromatic carbocycles. The summed E-state index contributed by atoms with van der Waals surface area (Å²) in [6, 6.07) is 16.6. The molecule has 188 valence electrons. The third kappa shape index (κ3) is 5.31. The molecule has 1 saturated heterocycles. The third-order valence-corrected chi connectivity index (χ3v) is 7.93. The number of rotatable bonds is 5. The van der Waals surface area contributed by atoms with E-state index >= 15 is 0 Å². The van der Waals surface area contributed by atoms with E-state index in [2.05, 4.69) is 56.1 Å². The smallest absolute Gasteiger partial charge is 0.273 e. The summed E-state index contributed by atoms with van der Waals surface area (Å²) in [5.74, 6) is 1.19. The van der Waals surface area contributed by atoms with E-state index in [0.29, 0.717) is 23.9 Å². The first-order valence-electron chi connectivity index (χ1n) is 12.6. The molecule has 0 aliphatic carbocycles. The number of amides is 2. The van der Waals surface area contributed by atoms with Gasteiger partial charge >= 0.3 is 0 Å². The number of thiazole rings is 1. The first-order chi connectivity index (χ1) is 17.3. The zero-order valence-corrected chi connectivity index (χ0v) is 22.0. The van der Waals surface area contributed by atoms with Crippen LogP contribution in [0.4, 0.5) is 5.69 Å². The van der Waals surface area contributed by atoms with Crippen LogP contribution in [-0.2, 0) is 23.2 Å². The maximum absolute atomic E-state index is 13.2. The van der Waals surface area contributed by atoms with Crippen molar-refractivity contribution >= 4 is 28.8 Å². The van der Waals surface area contributed by atoms with Crippen LogP contribution in [0.15, 0.2) is 53.9 Å². The predicted octanol–water partition coefficient (Wildman–Crippen LogP) is 5.46. The molecule has 36 heavy (non-hydrogen) atoms. The van der Waals surface area contributed by atoms with Crippen molar-refractivity contribution in [3.05, 3.63) is 75.7 Å². The number of anilines is 1. The maximum atomic E-state index is 13.2. The lowest BCUT2D eigenvalue weighted by atomic mass is 9.86. The molecule has 1 fully saturated rings. The quantitative estimate of drug-likeness (QED) is 0.464. The monoisotopic (exact) mass is 503 g/mol. The van der Waals surface area contributed by atoms with Crippen LogP contribution in [0.1, 0.15) is 60.2 Å². The molecule has 1 aromatic heterocycles. The minimum absolute atomic E-state index is 0.0109. The van der Waals surface area contributed by atoms with Gasteiger partial charge in [0, 0.05) is 18.5 Å². The molecule has 0 saturated carbocycles. The van der Waals surface area contributed by atoms with Crippen LogP contribution in [0.5, 0.6) is 5.75 Å². The number of carbonyl (C=O) groups excluding carboxylic acids is 2. The van der Waals surface area contributed by atoms with Gasteiger partial charge in [0.05, 0.1) is 12.2 Å². The van der Waals surface area contributed by atoms with Crippen LogP contribution in [-0.4, -0.2) is 41.4 Å². The fraction of sp³-hybridized carbons (Fsp3) is 0.414. The Balaban J connectivity index is 1.24. The van der Waals surface area contributed by atoms with Crippen LogP contribution in [0, 0.1) is 5.92 Å². The second-order valence-electron chi connectivity index (χ2n) is 10.8. The topological polar surface area (TPSA) is 62.7 Å². The van der Waals surface area contributed by atoms with Gasteiger partial charge in [-0.15, -0.1) is 11.3 Å². The Morgan fingerprint density at radius 2 is 1.86 bits per heavy atom. The lowest BCUT2D eigenvalue weighted by molar-refractivity contribution is -0.121. The van der Waals surface area contributed by atoms with Crippen molar-refractivity contribution in [3.8, 4) is 5.75 Å². The van der Waals surface area contributed by atoms with Crippen molar-refractivity contribution in [3.63, 3.8) is 0 Å². The molecular weight excluding hydrogens is 470 g/mol. The summed E-state index contributed by atoms with van der Waals surface area (Å²) < 4.78 is 5.67. The van der Waals surface area contributed by atoms with Gasteiger partial charge in [-0.2, -0.15) is 0 Å². The van der Waals surface area contributed by atoms with Crippen molar-refractivity contribution in [1.82, 2.24) is 9.88 Å². The first kappa shape index (κ1) is 24.5. The molecule has 0 radical (unpaired) electrons. The van der Waals surface area contributed by atoms with Crippen molar-refractivity contribution in [2.24, 2.45) is 5.92 Å². The number of carbonyl (C=O) groups is 2. The maximum Gasteiger partial charge on any atom is 0.273 e. The van der Waals surface area contributed by atoms with Gasteiger partial charge < -0.3 is 9.64 Å². The van der Waals surface area contributed by atoms with E-state index in [9.17, 15) is 9.59 Å². The van der Waals surface area contributed by atoms with Gasteiger partial charge in [0.2, 0.25) is 0 Å². The molecular formula is C29H33N3O3S. The zero-order chi connectivity index (χ0) is 25.3. The second-order valence-corrected chi connectivity index (χ2v) is 11.7. The van der Waals surface area contributed by atoms with E-state index in [-0.39, 0.29) is 23.8 Å². The molecule has 6 nitrogen and oxygen atoms in total. The van der Waals surface area contributed by atoms with Crippen LogP contribution in [0.25, 0.3) is 0 Å². The molecule has 0 spiro atoms. The average molecular weight is 504 g/mol. The third-order valence-electron chi connectivity index (χ3n) is 7.10.